The number of methoxy groups -OCH3 is 2. The van der Waals surface area contributed by atoms with E-state index in [4.69, 9.17) is 9.47 Å². The Morgan fingerprint density at radius 2 is 1.91 bits per heavy atom. The lowest BCUT2D eigenvalue weighted by atomic mass is 10.0. The lowest BCUT2D eigenvalue weighted by molar-refractivity contribution is 0.339. The largest absolute Gasteiger partial charge is 0.502 e. The maximum Gasteiger partial charge on any atom is 0.200 e. The molecule has 9 heteroatoms. The molecular weight excluding hydrogens is 526 g/mol. The van der Waals surface area contributed by atoms with Crippen molar-refractivity contribution in [2.24, 2.45) is 4.99 Å². The number of aryl methyl sites for hydroxylation is 1. The summed E-state index contributed by atoms with van der Waals surface area (Å²) in [5, 5.41) is 16.9. The van der Waals surface area contributed by atoms with Crippen LogP contribution in [-0.2, 0) is 6.54 Å². The number of nitrogens with zero attached hydrogens (tertiary/aromatic N) is 2. The number of anilines is 1. The van der Waals surface area contributed by atoms with E-state index in [-0.39, 0.29) is 41.6 Å². The summed E-state index contributed by atoms with van der Waals surface area (Å²) in [4.78, 5) is 6.63. The molecular formula is C23H32FIN4O3. The van der Waals surface area contributed by atoms with Crippen molar-refractivity contribution in [2.45, 2.75) is 32.4 Å². The maximum atomic E-state index is 13.5. The zero-order valence-electron chi connectivity index (χ0n) is 18.9. The fourth-order valence-corrected chi connectivity index (χ4v) is 3.91. The van der Waals surface area contributed by atoms with Crippen LogP contribution in [0.4, 0.5) is 10.1 Å². The van der Waals surface area contributed by atoms with Gasteiger partial charge in [0.25, 0.3) is 0 Å². The zero-order valence-corrected chi connectivity index (χ0v) is 21.3. The van der Waals surface area contributed by atoms with Gasteiger partial charge in [-0.05, 0) is 61.2 Å². The highest BCUT2D eigenvalue weighted by Gasteiger charge is 2.22. The third-order valence-electron chi connectivity index (χ3n) is 5.48. The number of guanidine groups is 1. The average Bonchev–Trinajstić information content (AvgIpc) is 2.77. The molecule has 32 heavy (non-hydrogen) atoms. The summed E-state index contributed by atoms with van der Waals surface area (Å²) >= 11 is 0. The van der Waals surface area contributed by atoms with Crippen molar-refractivity contribution in [2.75, 3.05) is 39.3 Å². The summed E-state index contributed by atoms with van der Waals surface area (Å²) in [5.74, 6) is 1.18. The van der Waals surface area contributed by atoms with Crippen molar-refractivity contribution in [3.63, 3.8) is 0 Å². The van der Waals surface area contributed by atoms with Crippen LogP contribution in [0, 0.1) is 12.7 Å². The van der Waals surface area contributed by atoms with Gasteiger partial charge in [0, 0.05) is 38.4 Å². The average molecular weight is 558 g/mol. The Morgan fingerprint density at radius 3 is 2.50 bits per heavy atom. The van der Waals surface area contributed by atoms with E-state index in [9.17, 15) is 9.50 Å². The Balaban J connectivity index is 0.00000363. The van der Waals surface area contributed by atoms with Crippen LogP contribution in [0.25, 0.3) is 0 Å². The first kappa shape index (κ1) is 25.8. The molecule has 0 bridgehead atoms. The molecule has 0 aromatic heterocycles. The summed E-state index contributed by atoms with van der Waals surface area (Å²) < 4.78 is 23.9. The molecule has 1 saturated heterocycles. The van der Waals surface area contributed by atoms with Gasteiger partial charge in [0.05, 0.1) is 14.2 Å². The van der Waals surface area contributed by atoms with E-state index in [2.05, 4.69) is 20.5 Å². The van der Waals surface area contributed by atoms with Crippen molar-refractivity contribution in [1.29, 1.82) is 0 Å². The second kappa shape index (κ2) is 12.0. The van der Waals surface area contributed by atoms with Crippen molar-refractivity contribution in [1.82, 2.24) is 10.6 Å². The number of aliphatic imine (C=N–C) groups is 1. The number of halogens is 2. The van der Waals surface area contributed by atoms with E-state index in [1.54, 1.807) is 25.2 Å². The van der Waals surface area contributed by atoms with Crippen molar-refractivity contribution in [3.05, 3.63) is 47.3 Å². The van der Waals surface area contributed by atoms with E-state index < -0.39 is 0 Å². The van der Waals surface area contributed by atoms with Crippen LogP contribution in [0.2, 0.25) is 0 Å². The highest BCUT2D eigenvalue weighted by Crippen LogP contribution is 2.37. The van der Waals surface area contributed by atoms with E-state index in [0.717, 1.165) is 42.7 Å². The number of hydrogen-bond acceptors (Lipinski definition) is 5. The molecule has 0 aliphatic carbocycles. The third kappa shape index (κ3) is 6.30. The molecule has 1 atom stereocenters. The van der Waals surface area contributed by atoms with Gasteiger partial charge >= 0.3 is 0 Å². The van der Waals surface area contributed by atoms with Crippen molar-refractivity contribution >= 4 is 35.6 Å². The van der Waals surface area contributed by atoms with Gasteiger partial charge < -0.3 is 30.1 Å². The minimum atomic E-state index is -0.208. The van der Waals surface area contributed by atoms with Gasteiger partial charge in [-0.15, -0.1) is 24.0 Å². The summed E-state index contributed by atoms with van der Waals surface area (Å²) in [6.45, 7) is 4.19. The van der Waals surface area contributed by atoms with Crippen LogP contribution in [0.15, 0.2) is 35.3 Å². The standard InChI is InChI=1S/C23H31FN4O3.HI/c1-15-10-17(24)7-8-19(15)28-9-5-6-18(14-28)27-23(25-2)26-13-16-11-20(30-3)22(29)21(12-16)31-4;/h7-8,10-12,18,29H,5-6,9,13-14H2,1-4H3,(H2,25,26,27);1H. The molecule has 3 rings (SSSR count). The Morgan fingerprint density at radius 1 is 1.22 bits per heavy atom. The summed E-state index contributed by atoms with van der Waals surface area (Å²) in [6.07, 6.45) is 2.07. The fraction of sp³-hybridized carbons (Fsp3) is 0.435. The van der Waals surface area contributed by atoms with Gasteiger partial charge in [0.2, 0.25) is 5.75 Å². The maximum absolute atomic E-state index is 13.5. The number of aromatic hydroxyl groups is 1. The number of rotatable bonds is 6. The van der Waals surface area contributed by atoms with E-state index in [0.29, 0.717) is 24.0 Å². The highest BCUT2D eigenvalue weighted by atomic mass is 127. The van der Waals surface area contributed by atoms with Crippen LogP contribution in [-0.4, -0.2) is 51.5 Å². The molecule has 2 aromatic rings. The van der Waals surface area contributed by atoms with Crippen molar-refractivity contribution in [3.8, 4) is 17.2 Å². The van der Waals surface area contributed by atoms with Gasteiger partial charge in [0.1, 0.15) is 5.82 Å². The highest BCUT2D eigenvalue weighted by molar-refractivity contribution is 14.0. The van der Waals surface area contributed by atoms with E-state index >= 15 is 0 Å². The predicted octanol–water partition coefficient (Wildman–Crippen LogP) is 3.81. The Hall–Kier alpha value is -2.43. The predicted molar refractivity (Wildman–Crippen MR) is 136 cm³/mol. The van der Waals surface area contributed by atoms with E-state index in [1.165, 1.54) is 20.3 Å². The molecule has 2 aromatic carbocycles. The monoisotopic (exact) mass is 558 g/mol. The quantitative estimate of drug-likeness (QED) is 0.285. The molecule has 1 fully saturated rings. The first-order valence-electron chi connectivity index (χ1n) is 10.4. The van der Waals surface area contributed by atoms with Crippen LogP contribution >= 0.6 is 24.0 Å². The molecule has 0 spiro atoms. The summed E-state index contributed by atoms with van der Waals surface area (Å²) in [7, 11) is 4.74. The zero-order chi connectivity index (χ0) is 22.4. The van der Waals surface area contributed by atoms with Crippen LogP contribution in [0.1, 0.15) is 24.0 Å². The van der Waals surface area contributed by atoms with Gasteiger partial charge in [0.15, 0.2) is 17.5 Å². The molecule has 7 nitrogen and oxygen atoms in total. The second-order valence-electron chi connectivity index (χ2n) is 7.64. The van der Waals surface area contributed by atoms with Gasteiger partial charge in [-0.25, -0.2) is 4.39 Å². The minimum absolute atomic E-state index is 0. The number of phenols is 1. The molecule has 176 valence electrons. The first-order chi connectivity index (χ1) is 14.9. The number of nitrogens with one attached hydrogen (secondary N) is 2. The van der Waals surface area contributed by atoms with Gasteiger partial charge in [-0.1, -0.05) is 0 Å². The number of hydrogen-bond donors (Lipinski definition) is 3. The Bertz CT molecular complexity index is 916. The second-order valence-corrected chi connectivity index (χ2v) is 7.64. The molecule has 1 unspecified atom stereocenters. The number of ether oxygens (including phenoxy) is 2. The number of benzene rings is 2. The lowest BCUT2D eigenvalue weighted by Gasteiger charge is -2.36. The number of phenolic OH excluding ortho intramolecular Hbond substituents is 1. The molecule has 0 amide bonds. The molecule has 3 N–H and O–H groups in total. The molecule has 0 radical (unpaired) electrons. The summed E-state index contributed by atoms with van der Waals surface area (Å²) in [5.41, 5.74) is 2.90. The molecule has 1 aliphatic rings. The minimum Gasteiger partial charge on any atom is -0.502 e. The van der Waals surface area contributed by atoms with Crippen LogP contribution in [0.3, 0.4) is 0 Å². The SMILES string of the molecule is CN=C(NCc1cc(OC)c(O)c(OC)c1)NC1CCCN(c2ccc(F)cc2C)C1.I. The molecule has 1 heterocycles. The molecule has 0 saturated carbocycles. The van der Waals surface area contributed by atoms with Gasteiger partial charge in [-0.3, -0.25) is 4.99 Å². The Labute approximate surface area is 206 Å². The summed E-state index contributed by atoms with van der Waals surface area (Å²) in [6, 6.07) is 8.68. The number of piperidine rings is 1. The lowest BCUT2D eigenvalue weighted by Crippen LogP contribution is -2.51. The van der Waals surface area contributed by atoms with Crippen molar-refractivity contribution < 1.29 is 19.0 Å². The Kier molecular flexibility index (Phi) is 9.67. The smallest absolute Gasteiger partial charge is 0.200 e. The fourth-order valence-electron chi connectivity index (χ4n) is 3.91. The topological polar surface area (TPSA) is 78.4 Å². The van der Waals surface area contributed by atoms with Gasteiger partial charge in [-0.2, -0.15) is 0 Å². The van der Waals surface area contributed by atoms with E-state index in [1.807, 2.05) is 13.0 Å². The third-order valence-corrected chi connectivity index (χ3v) is 5.48. The normalized spacial score (nSPS) is 16.2. The molecule has 1 aliphatic heterocycles. The van der Waals surface area contributed by atoms with Crippen LogP contribution in [0.5, 0.6) is 17.2 Å². The first-order valence-corrected chi connectivity index (χ1v) is 10.4. The van der Waals surface area contributed by atoms with Crippen LogP contribution < -0.4 is 25.0 Å².